The Labute approximate surface area is 76.6 Å². The maximum atomic E-state index is 4.34. The van der Waals surface area contributed by atoms with Gasteiger partial charge in [-0.25, -0.2) is 4.98 Å². The van der Waals surface area contributed by atoms with Gasteiger partial charge < -0.3 is 4.57 Å². The molecular formula is C9H12N4. The molecule has 2 aromatic heterocycles. The van der Waals surface area contributed by atoms with Gasteiger partial charge in [-0.3, -0.25) is 0 Å². The van der Waals surface area contributed by atoms with Crippen LogP contribution in [0, 0.1) is 6.92 Å². The van der Waals surface area contributed by atoms with Crippen molar-refractivity contribution in [2.75, 3.05) is 0 Å². The molecule has 0 spiro atoms. The van der Waals surface area contributed by atoms with Crippen molar-refractivity contribution in [2.24, 2.45) is 0 Å². The Morgan fingerprint density at radius 1 is 1.38 bits per heavy atom. The predicted octanol–water partition coefficient (Wildman–Crippen LogP) is 1.54. The zero-order valence-corrected chi connectivity index (χ0v) is 7.86. The average molecular weight is 176 g/mol. The van der Waals surface area contributed by atoms with E-state index in [4.69, 9.17) is 0 Å². The second-order valence-corrected chi connectivity index (χ2v) is 3.08. The van der Waals surface area contributed by atoms with Crippen molar-refractivity contribution in [1.29, 1.82) is 0 Å². The molecule has 0 aliphatic carbocycles. The largest absolute Gasteiger partial charge is 0.331 e. The molecule has 2 rings (SSSR count). The van der Waals surface area contributed by atoms with E-state index in [0.717, 1.165) is 30.0 Å². The molecule has 4 nitrogen and oxygen atoms in total. The lowest BCUT2D eigenvalue weighted by molar-refractivity contribution is 0.694. The molecule has 0 radical (unpaired) electrons. The molecule has 4 heteroatoms. The third-order valence-electron chi connectivity index (χ3n) is 1.95. The molecule has 0 fully saturated rings. The molecule has 0 aliphatic rings. The third kappa shape index (κ3) is 1.39. The van der Waals surface area contributed by atoms with Crippen molar-refractivity contribution in [3.8, 4) is 0 Å². The highest BCUT2D eigenvalue weighted by molar-refractivity contribution is 5.70. The van der Waals surface area contributed by atoms with Crippen LogP contribution in [-0.4, -0.2) is 19.7 Å². The van der Waals surface area contributed by atoms with Gasteiger partial charge >= 0.3 is 0 Å². The van der Waals surface area contributed by atoms with E-state index in [0.29, 0.717) is 0 Å². The highest BCUT2D eigenvalue weighted by atomic mass is 15.2. The zero-order chi connectivity index (χ0) is 9.26. The summed E-state index contributed by atoms with van der Waals surface area (Å²) in [6, 6.07) is 1.95. The first kappa shape index (κ1) is 8.16. The second kappa shape index (κ2) is 3.12. The Morgan fingerprint density at radius 3 is 3.00 bits per heavy atom. The number of hydrogen-bond donors (Lipinski definition) is 0. The van der Waals surface area contributed by atoms with Crippen molar-refractivity contribution in [2.45, 2.75) is 26.8 Å². The van der Waals surface area contributed by atoms with Crippen molar-refractivity contribution < 1.29 is 0 Å². The fourth-order valence-corrected chi connectivity index (χ4v) is 1.38. The molecule has 0 amide bonds. The lowest BCUT2D eigenvalue weighted by Crippen LogP contribution is -1.99. The summed E-state index contributed by atoms with van der Waals surface area (Å²) in [5, 5.41) is 7.96. The number of fused-ring (bicyclic) bond motifs is 1. The van der Waals surface area contributed by atoms with Crippen LogP contribution in [-0.2, 0) is 6.54 Å². The lowest BCUT2D eigenvalue weighted by atomic mass is 10.5. The van der Waals surface area contributed by atoms with Gasteiger partial charge in [-0.05, 0) is 19.4 Å². The minimum Gasteiger partial charge on any atom is -0.331 e. The Hall–Kier alpha value is -1.45. The predicted molar refractivity (Wildman–Crippen MR) is 50.4 cm³/mol. The first-order valence-corrected chi connectivity index (χ1v) is 4.47. The molecule has 0 N–H and O–H groups in total. The Morgan fingerprint density at radius 2 is 2.23 bits per heavy atom. The van der Waals surface area contributed by atoms with Gasteiger partial charge in [-0.2, -0.15) is 0 Å². The first-order chi connectivity index (χ1) is 6.31. The number of nitrogens with zero attached hydrogens (tertiary/aromatic N) is 4. The van der Waals surface area contributed by atoms with E-state index in [1.54, 1.807) is 0 Å². The van der Waals surface area contributed by atoms with Crippen molar-refractivity contribution in [3.05, 3.63) is 18.1 Å². The lowest BCUT2D eigenvalue weighted by Gasteiger charge is -2.00. The van der Waals surface area contributed by atoms with Crippen LogP contribution in [0.5, 0.6) is 0 Å². The van der Waals surface area contributed by atoms with Gasteiger partial charge in [-0.1, -0.05) is 6.92 Å². The van der Waals surface area contributed by atoms with Gasteiger partial charge in [0.05, 0.1) is 0 Å². The van der Waals surface area contributed by atoms with Crippen molar-refractivity contribution in [1.82, 2.24) is 19.7 Å². The van der Waals surface area contributed by atoms with Gasteiger partial charge in [0.1, 0.15) is 11.3 Å². The summed E-state index contributed by atoms with van der Waals surface area (Å²) >= 11 is 0. The average Bonchev–Trinajstić information content (AvgIpc) is 2.49. The van der Waals surface area contributed by atoms with E-state index < -0.39 is 0 Å². The maximum absolute atomic E-state index is 4.34. The van der Waals surface area contributed by atoms with E-state index in [1.165, 1.54) is 0 Å². The summed E-state index contributed by atoms with van der Waals surface area (Å²) < 4.78 is 2.11. The SMILES string of the molecule is CCCn1ccc2nnc(C)nc21. The highest BCUT2D eigenvalue weighted by Crippen LogP contribution is 2.09. The fourth-order valence-electron chi connectivity index (χ4n) is 1.38. The smallest absolute Gasteiger partial charge is 0.162 e. The summed E-state index contributed by atoms with van der Waals surface area (Å²) in [5.41, 5.74) is 1.81. The molecule has 0 unspecified atom stereocenters. The normalized spacial score (nSPS) is 10.9. The van der Waals surface area contributed by atoms with Crippen LogP contribution in [0.15, 0.2) is 12.3 Å². The van der Waals surface area contributed by atoms with Crippen LogP contribution in [0.2, 0.25) is 0 Å². The minimum atomic E-state index is 0.726. The molecule has 2 aromatic rings. The topological polar surface area (TPSA) is 43.6 Å². The van der Waals surface area contributed by atoms with E-state index in [-0.39, 0.29) is 0 Å². The molecule has 0 atom stereocenters. The van der Waals surface area contributed by atoms with Gasteiger partial charge in [0.2, 0.25) is 0 Å². The van der Waals surface area contributed by atoms with Crippen molar-refractivity contribution >= 4 is 11.2 Å². The van der Waals surface area contributed by atoms with E-state index in [9.17, 15) is 0 Å². The number of aryl methyl sites for hydroxylation is 2. The molecule has 2 heterocycles. The van der Waals surface area contributed by atoms with Crippen LogP contribution < -0.4 is 0 Å². The second-order valence-electron chi connectivity index (χ2n) is 3.08. The number of rotatable bonds is 2. The summed E-state index contributed by atoms with van der Waals surface area (Å²) in [6.07, 6.45) is 3.11. The van der Waals surface area contributed by atoms with Gasteiger partial charge in [0, 0.05) is 12.7 Å². The minimum absolute atomic E-state index is 0.726. The Bertz CT molecular complexity index is 418. The Balaban J connectivity index is 2.58. The Kier molecular flexibility index (Phi) is 1.96. The molecule has 0 bridgehead atoms. The summed E-state index contributed by atoms with van der Waals surface area (Å²) in [4.78, 5) is 4.34. The van der Waals surface area contributed by atoms with E-state index in [2.05, 4.69) is 26.7 Å². The molecular weight excluding hydrogens is 164 g/mol. The fraction of sp³-hybridized carbons (Fsp3) is 0.444. The van der Waals surface area contributed by atoms with Gasteiger partial charge in [-0.15, -0.1) is 10.2 Å². The summed E-state index contributed by atoms with van der Waals surface area (Å²) in [7, 11) is 0. The number of aromatic nitrogens is 4. The number of hydrogen-bond acceptors (Lipinski definition) is 3. The molecule has 0 aromatic carbocycles. The van der Waals surface area contributed by atoms with E-state index in [1.807, 2.05) is 19.2 Å². The van der Waals surface area contributed by atoms with Crippen LogP contribution in [0.25, 0.3) is 11.2 Å². The highest BCUT2D eigenvalue weighted by Gasteiger charge is 2.03. The van der Waals surface area contributed by atoms with Gasteiger partial charge in [0.15, 0.2) is 5.65 Å². The van der Waals surface area contributed by atoms with Crippen LogP contribution in [0.4, 0.5) is 0 Å². The summed E-state index contributed by atoms with van der Waals surface area (Å²) in [5.74, 6) is 0.726. The van der Waals surface area contributed by atoms with Crippen LogP contribution >= 0.6 is 0 Å². The monoisotopic (exact) mass is 176 g/mol. The van der Waals surface area contributed by atoms with Gasteiger partial charge in [0.25, 0.3) is 0 Å². The molecule has 13 heavy (non-hydrogen) atoms. The molecule has 0 saturated heterocycles. The van der Waals surface area contributed by atoms with Crippen LogP contribution in [0.1, 0.15) is 19.2 Å². The molecule has 0 saturated carbocycles. The quantitative estimate of drug-likeness (QED) is 0.697. The first-order valence-electron chi connectivity index (χ1n) is 4.47. The molecule has 68 valence electrons. The summed E-state index contributed by atoms with van der Waals surface area (Å²) in [6.45, 7) is 4.99. The molecule has 0 aliphatic heterocycles. The maximum Gasteiger partial charge on any atom is 0.162 e. The zero-order valence-electron chi connectivity index (χ0n) is 7.86. The van der Waals surface area contributed by atoms with E-state index >= 15 is 0 Å². The standard InChI is InChI=1S/C9H12N4/c1-3-5-13-6-4-8-9(13)10-7(2)11-12-8/h4,6H,3,5H2,1-2H3. The van der Waals surface area contributed by atoms with Crippen molar-refractivity contribution in [3.63, 3.8) is 0 Å². The van der Waals surface area contributed by atoms with Crippen LogP contribution in [0.3, 0.4) is 0 Å². The third-order valence-corrected chi connectivity index (χ3v) is 1.95.